The molecule has 2 atom stereocenters. The first kappa shape index (κ1) is 13.8. The van der Waals surface area contributed by atoms with Gasteiger partial charge in [0.25, 0.3) is 0 Å². The molecule has 2 unspecified atom stereocenters. The van der Waals surface area contributed by atoms with Crippen molar-refractivity contribution < 1.29 is 4.79 Å². The molecule has 0 saturated carbocycles. The Balaban J connectivity index is 3.59. The van der Waals surface area contributed by atoms with Crippen LogP contribution in [0.3, 0.4) is 0 Å². The fourth-order valence-electron chi connectivity index (χ4n) is 1.30. The van der Waals surface area contributed by atoms with Gasteiger partial charge in [-0.25, -0.2) is 0 Å². The molecule has 0 aromatic heterocycles. The molecule has 0 bridgehead atoms. The van der Waals surface area contributed by atoms with Crippen LogP contribution in [0.1, 0.15) is 26.7 Å². The van der Waals surface area contributed by atoms with Gasteiger partial charge in [0.1, 0.15) is 0 Å². The summed E-state index contributed by atoms with van der Waals surface area (Å²) in [6.07, 6.45) is 3.82. The first-order valence-corrected chi connectivity index (χ1v) is 6.45. The number of hydrogen-bond donors (Lipinski definition) is 2. The number of hydrogen-bond acceptors (Lipinski definition) is 3. The minimum absolute atomic E-state index is 0.0991. The third-order valence-electron chi connectivity index (χ3n) is 2.09. The van der Waals surface area contributed by atoms with E-state index in [1.54, 1.807) is 7.05 Å². The maximum absolute atomic E-state index is 11.1. The van der Waals surface area contributed by atoms with Crippen LogP contribution in [0.2, 0.25) is 0 Å². The fraction of sp³-hybridized carbons (Fsp3) is 0.900. The molecular weight excluding hydrogens is 196 g/mol. The van der Waals surface area contributed by atoms with E-state index in [0.717, 1.165) is 6.42 Å². The molecule has 0 aliphatic carbocycles. The van der Waals surface area contributed by atoms with Gasteiger partial charge in [0.2, 0.25) is 5.91 Å². The molecular formula is C10H22N2OS. The van der Waals surface area contributed by atoms with E-state index in [2.05, 4.69) is 23.8 Å². The zero-order chi connectivity index (χ0) is 11.0. The van der Waals surface area contributed by atoms with Crippen LogP contribution < -0.4 is 10.6 Å². The molecule has 0 rings (SSSR count). The molecule has 0 spiro atoms. The summed E-state index contributed by atoms with van der Waals surface area (Å²) in [4.78, 5) is 11.1. The van der Waals surface area contributed by atoms with Gasteiger partial charge in [-0.1, -0.05) is 0 Å². The molecule has 0 heterocycles. The molecule has 0 saturated heterocycles. The van der Waals surface area contributed by atoms with Crippen LogP contribution in [-0.2, 0) is 4.79 Å². The molecule has 0 fully saturated rings. The van der Waals surface area contributed by atoms with Crippen LogP contribution in [0.15, 0.2) is 0 Å². The van der Waals surface area contributed by atoms with E-state index in [-0.39, 0.29) is 11.9 Å². The summed E-state index contributed by atoms with van der Waals surface area (Å²) in [5.41, 5.74) is 0. The molecule has 4 heteroatoms. The highest BCUT2D eigenvalue weighted by Gasteiger charge is 2.10. The van der Waals surface area contributed by atoms with E-state index in [1.165, 1.54) is 5.75 Å². The predicted molar refractivity (Wildman–Crippen MR) is 63.7 cm³/mol. The Morgan fingerprint density at radius 2 is 2.00 bits per heavy atom. The molecule has 14 heavy (non-hydrogen) atoms. The van der Waals surface area contributed by atoms with Crippen LogP contribution >= 0.6 is 11.8 Å². The van der Waals surface area contributed by atoms with Crippen LogP contribution in [0, 0.1) is 0 Å². The Bertz CT molecular complexity index is 164. The largest absolute Gasteiger partial charge is 0.359 e. The Morgan fingerprint density at radius 1 is 1.36 bits per heavy atom. The summed E-state index contributed by atoms with van der Waals surface area (Å²) in [6.45, 7) is 4.21. The van der Waals surface area contributed by atoms with Crippen molar-refractivity contribution in [1.29, 1.82) is 0 Å². The van der Waals surface area contributed by atoms with Crippen LogP contribution in [0.5, 0.6) is 0 Å². The van der Waals surface area contributed by atoms with Crippen LogP contribution in [-0.4, -0.2) is 37.0 Å². The zero-order valence-electron chi connectivity index (χ0n) is 9.59. The summed E-state index contributed by atoms with van der Waals surface area (Å²) in [6, 6.07) is 0.744. The lowest BCUT2D eigenvalue weighted by molar-refractivity contribution is -0.121. The monoisotopic (exact) mass is 218 g/mol. The number of rotatable bonds is 7. The second-order valence-corrected chi connectivity index (χ2v) is 4.61. The van der Waals surface area contributed by atoms with Gasteiger partial charge in [-0.05, 0) is 32.3 Å². The Hall–Kier alpha value is -0.220. The van der Waals surface area contributed by atoms with Crippen molar-refractivity contribution in [2.75, 3.05) is 19.1 Å². The predicted octanol–water partition coefficient (Wildman–Crippen LogP) is 1.24. The van der Waals surface area contributed by atoms with Gasteiger partial charge in [-0.3, -0.25) is 4.79 Å². The van der Waals surface area contributed by atoms with E-state index in [9.17, 15) is 4.79 Å². The van der Waals surface area contributed by atoms with Gasteiger partial charge in [0.15, 0.2) is 0 Å². The van der Waals surface area contributed by atoms with E-state index in [1.807, 2.05) is 18.7 Å². The van der Waals surface area contributed by atoms with Gasteiger partial charge in [0, 0.05) is 25.6 Å². The molecule has 0 aromatic carbocycles. The van der Waals surface area contributed by atoms with Crippen molar-refractivity contribution >= 4 is 17.7 Å². The minimum atomic E-state index is 0.0991. The minimum Gasteiger partial charge on any atom is -0.359 e. The average Bonchev–Trinajstić information content (AvgIpc) is 2.14. The van der Waals surface area contributed by atoms with E-state index in [4.69, 9.17) is 0 Å². The Labute approximate surface area is 91.4 Å². The lowest BCUT2D eigenvalue weighted by Crippen LogP contribution is -2.38. The molecule has 0 radical (unpaired) electrons. The van der Waals surface area contributed by atoms with Crippen molar-refractivity contribution in [1.82, 2.24) is 10.6 Å². The molecule has 2 N–H and O–H groups in total. The lowest BCUT2D eigenvalue weighted by Gasteiger charge is -2.18. The van der Waals surface area contributed by atoms with E-state index < -0.39 is 0 Å². The topological polar surface area (TPSA) is 41.1 Å². The summed E-state index contributed by atoms with van der Waals surface area (Å²) < 4.78 is 0. The summed E-state index contributed by atoms with van der Waals surface area (Å²) in [7, 11) is 1.67. The number of amides is 1. The van der Waals surface area contributed by atoms with Gasteiger partial charge >= 0.3 is 0 Å². The number of nitrogens with one attached hydrogen (secondary N) is 2. The molecule has 3 nitrogen and oxygen atoms in total. The quantitative estimate of drug-likeness (QED) is 0.675. The average molecular weight is 218 g/mol. The smallest absolute Gasteiger partial charge is 0.221 e. The first-order chi connectivity index (χ1) is 6.60. The summed E-state index contributed by atoms with van der Waals surface area (Å²) in [5.74, 6) is 1.27. The fourth-order valence-corrected chi connectivity index (χ4v) is 1.89. The molecule has 84 valence electrons. The van der Waals surface area contributed by atoms with Crippen molar-refractivity contribution in [3.05, 3.63) is 0 Å². The number of thioether (sulfide) groups is 1. The van der Waals surface area contributed by atoms with Gasteiger partial charge in [0.05, 0.1) is 0 Å². The maximum Gasteiger partial charge on any atom is 0.221 e. The summed E-state index contributed by atoms with van der Waals surface area (Å²) >= 11 is 1.86. The second kappa shape index (κ2) is 8.12. The Kier molecular flexibility index (Phi) is 7.99. The van der Waals surface area contributed by atoms with Crippen molar-refractivity contribution in [3.8, 4) is 0 Å². The van der Waals surface area contributed by atoms with Crippen molar-refractivity contribution in [2.45, 2.75) is 38.8 Å². The van der Waals surface area contributed by atoms with Crippen LogP contribution in [0.4, 0.5) is 0 Å². The zero-order valence-corrected chi connectivity index (χ0v) is 10.4. The molecule has 0 aliphatic rings. The second-order valence-electron chi connectivity index (χ2n) is 3.63. The maximum atomic E-state index is 11.1. The van der Waals surface area contributed by atoms with E-state index >= 15 is 0 Å². The third kappa shape index (κ3) is 7.21. The molecule has 0 aliphatic heterocycles. The Morgan fingerprint density at radius 3 is 2.50 bits per heavy atom. The normalized spacial score (nSPS) is 14.9. The van der Waals surface area contributed by atoms with Gasteiger partial charge < -0.3 is 10.6 Å². The third-order valence-corrected chi connectivity index (χ3v) is 2.74. The molecule has 0 aromatic rings. The van der Waals surface area contributed by atoms with E-state index in [0.29, 0.717) is 12.5 Å². The van der Waals surface area contributed by atoms with Crippen molar-refractivity contribution in [3.63, 3.8) is 0 Å². The van der Waals surface area contributed by atoms with Gasteiger partial charge in [-0.2, -0.15) is 11.8 Å². The standard InChI is InChI=1S/C10H22N2OS/c1-8(5-6-14-4)12-9(2)7-10(13)11-3/h8-9,12H,5-7H2,1-4H3,(H,11,13). The highest BCUT2D eigenvalue weighted by molar-refractivity contribution is 7.98. The summed E-state index contributed by atoms with van der Waals surface area (Å²) in [5, 5.41) is 6.03. The number of carbonyl (C=O) groups is 1. The highest BCUT2D eigenvalue weighted by atomic mass is 32.2. The van der Waals surface area contributed by atoms with Crippen LogP contribution in [0.25, 0.3) is 0 Å². The van der Waals surface area contributed by atoms with Crippen molar-refractivity contribution in [2.24, 2.45) is 0 Å². The first-order valence-electron chi connectivity index (χ1n) is 5.05. The molecule has 1 amide bonds. The number of carbonyl (C=O) groups excluding carboxylic acids is 1. The SMILES string of the molecule is CNC(=O)CC(C)NC(C)CCSC. The highest BCUT2D eigenvalue weighted by Crippen LogP contribution is 2.02. The van der Waals surface area contributed by atoms with Gasteiger partial charge in [-0.15, -0.1) is 0 Å². The lowest BCUT2D eigenvalue weighted by atomic mass is 10.1.